The lowest BCUT2D eigenvalue weighted by Gasteiger charge is -2.31. The molecule has 2 aromatic rings. The van der Waals surface area contributed by atoms with Gasteiger partial charge in [0.05, 0.1) is 0 Å². The molecule has 0 spiro atoms. The molecule has 0 heterocycles. The fourth-order valence-corrected chi connectivity index (χ4v) is 2.41. The highest BCUT2D eigenvalue weighted by molar-refractivity contribution is 5.69. The van der Waals surface area contributed by atoms with Crippen LogP contribution in [0.25, 0.3) is 0 Å². The van der Waals surface area contributed by atoms with Crippen LogP contribution in [0.4, 0.5) is 15.8 Å². The van der Waals surface area contributed by atoms with Crippen molar-refractivity contribution in [2.45, 2.75) is 33.7 Å². The molecule has 0 N–H and O–H groups in total. The third-order valence-corrected chi connectivity index (χ3v) is 3.31. The van der Waals surface area contributed by atoms with Crippen LogP contribution in [-0.2, 0) is 0 Å². The zero-order chi connectivity index (χ0) is 14.0. The van der Waals surface area contributed by atoms with Gasteiger partial charge in [0.25, 0.3) is 0 Å². The second-order valence-corrected chi connectivity index (χ2v) is 5.18. The summed E-state index contributed by atoms with van der Waals surface area (Å²) in [6.45, 7) is 8.35. The van der Waals surface area contributed by atoms with Crippen LogP contribution in [-0.4, -0.2) is 6.04 Å². The highest BCUT2D eigenvalue weighted by Crippen LogP contribution is 2.32. The molecule has 1 nitrogen and oxygen atoms in total. The average Bonchev–Trinajstić information content (AvgIpc) is 2.34. The number of anilines is 2. The summed E-state index contributed by atoms with van der Waals surface area (Å²) in [6, 6.07) is 13.6. The van der Waals surface area contributed by atoms with Crippen molar-refractivity contribution < 1.29 is 4.39 Å². The van der Waals surface area contributed by atoms with Crippen LogP contribution < -0.4 is 4.90 Å². The van der Waals surface area contributed by atoms with E-state index in [1.807, 2.05) is 25.1 Å². The average molecular weight is 257 g/mol. The van der Waals surface area contributed by atoms with Crippen molar-refractivity contribution >= 4 is 11.4 Å². The fourth-order valence-electron chi connectivity index (χ4n) is 2.41. The Hall–Kier alpha value is -1.83. The van der Waals surface area contributed by atoms with Gasteiger partial charge in [0.15, 0.2) is 0 Å². The van der Waals surface area contributed by atoms with Gasteiger partial charge in [-0.2, -0.15) is 0 Å². The maximum Gasteiger partial charge on any atom is 0.123 e. The summed E-state index contributed by atoms with van der Waals surface area (Å²) in [5.41, 5.74) is 4.41. The lowest BCUT2D eigenvalue weighted by molar-refractivity contribution is 0.626. The number of nitrogens with zero attached hydrogens (tertiary/aromatic N) is 1. The molecule has 0 aliphatic heterocycles. The van der Waals surface area contributed by atoms with E-state index >= 15 is 0 Å². The Morgan fingerprint density at radius 1 is 0.895 bits per heavy atom. The van der Waals surface area contributed by atoms with Gasteiger partial charge < -0.3 is 4.90 Å². The third-order valence-electron chi connectivity index (χ3n) is 3.31. The van der Waals surface area contributed by atoms with Gasteiger partial charge in [0, 0.05) is 17.4 Å². The zero-order valence-corrected chi connectivity index (χ0v) is 11.9. The van der Waals surface area contributed by atoms with Gasteiger partial charge in [0.2, 0.25) is 0 Å². The van der Waals surface area contributed by atoms with E-state index in [2.05, 4.69) is 37.8 Å². The molecular weight excluding hydrogens is 237 g/mol. The van der Waals surface area contributed by atoms with Crippen molar-refractivity contribution in [1.82, 2.24) is 0 Å². The summed E-state index contributed by atoms with van der Waals surface area (Å²) in [6.07, 6.45) is 0. The Morgan fingerprint density at radius 3 is 2.11 bits per heavy atom. The van der Waals surface area contributed by atoms with Crippen molar-refractivity contribution in [3.05, 3.63) is 59.4 Å². The number of benzene rings is 2. The molecule has 2 rings (SSSR count). The fraction of sp³-hybridized carbons (Fsp3) is 0.294. The van der Waals surface area contributed by atoms with Crippen molar-refractivity contribution in [2.24, 2.45) is 0 Å². The van der Waals surface area contributed by atoms with E-state index in [1.54, 1.807) is 6.07 Å². The molecule has 2 heteroatoms. The van der Waals surface area contributed by atoms with Crippen molar-refractivity contribution in [3.8, 4) is 0 Å². The summed E-state index contributed by atoms with van der Waals surface area (Å²) < 4.78 is 13.3. The highest BCUT2D eigenvalue weighted by atomic mass is 19.1. The molecule has 0 unspecified atom stereocenters. The predicted molar refractivity (Wildman–Crippen MR) is 79.6 cm³/mol. The quantitative estimate of drug-likeness (QED) is 0.748. The van der Waals surface area contributed by atoms with Crippen molar-refractivity contribution in [2.75, 3.05) is 4.90 Å². The van der Waals surface area contributed by atoms with Crippen LogP contribution in [0.2, 0.25) is 0 Å². The van der Waals surface area contributed by atoms with Gasteiger partial charge in [-0.25, -0.2) is 4.39 Å². The number of aryl methyl sites for hydroxylation is 2. The van der Waals surface area contributed by atoms with Crippen LogP contribution >= 0.6 is 0 Å². The topological polar surface area (TPSA) is 3.24 Å². The second kappa shape index (κ2) is 5.43. The Labute approximate surface area is 114 Å². The second-order valence-electron chi connectivity index (χ2n) is 5.18. The van der Waals surface area contributed by atoms with E-state index in [0.29, 0.717) is 6.04 Å². The first-order chi connectivity index (χ1) is 9.00. The smallest absolute Gasteiger partial charge is 0.123 e. The number of halogens is 1. The highest BCUT2D eigenvalue weighted by Gasteiger charge is 2.16. The first kappa shape index (κ1) is 13.6. The van der Waals surface area contributed by atoms with E-state index in [-0.39, 0.29) is 5.82 Å². The SMILES string of the molecule is Cc1ccccc1N(c1ccc(F)cc1C)C(C)C. The van der Waals surface area contributed by atoms with Gasteiger partial charge in [-0.05, 0) is 63.1 Å². The molecular formula is C17H20FN. The molecule has 0 bridgehead atoms. The molecule has 100 valence electrons. The number of hydrogen-bond acceptors (Lipinski definition) is 1. The maximum atomic E-state index is 13.3. The van der Waals surface area contributed by atoms with Gasteiger partial charge in [0.1, 0.15) is 5.82 Å². The first-order valence-corrected chi connectivity index (χ1v) is 6.61. The largest absolute Gasteiger partial charge is 0.338 e. The predicted octanol–water partition coefficient (Wildman–Crippen LogP) is 4.99. The Bertz CT molecular complexity index is 575. The van der Waals surface area contributed by atoms with Gasteiger partial charge in [-0.15, -0.1) is 0 Å². The molecule has 19 heavy (non-hydrogen) atoms. The van der Waals surface area contributed by atoms with E-state index in [9.17, 15) is 4.39 Å². The molecule has 0 amide bonds. The molecule has 0 aliphatic rings. The van der Waals surface area contributed by atoms with Crippen molar-refractivity contribution in [3.63, 3.8) is 0 Å². The number of rotatable bonds is 3. The zero-order valence-electron chi connectivity index (χ0n) is 11.9. The van der Waals surface area contributed by atoms with Crippen LogP contribution in [0.15, 0.2) is 42.5 Å². The third kappa shape index (κ3) is 2.78. The van der Waals surface area contributed by atoms with Crippen LogP contribution in [0.5, 0.6) is 0 Å². The monoisotopic (exact) mass is 257 g/mol. The summed E-state index contributed by atoms with van der Waals surface area (Å²) in [4.78, 5) is 2.25. The molecule has 0 aromatic heterocycles. The molecule has 0 aliphatic carbocycles. The molecule has 0 saturated heterocycles. The Morgan fingerprint density at radius 2 is 1.53 bits per heavy atom. The van der Waals surface area contributed by atoms with Crippen LogP contribution in [0.1, 0.15) is 25.0 Å². The summed E-state index contributed by atoms with van der Waals surface area (Å²) in [7, 11) is 0. The minimum atomic E-state index is -0.185. The maximum absolute atomic E-state index is 13.3. The summed E-state index contributed by atoms with van der Waals surface area (Å²) in [5.74, 6) is -0.185. The van der Waals surface area contributed by atoms with Crippen LogP contribution in [0, 0.1) is 19.7 Å². The summed E-state index contributed by atoms with van der Waals surface area (Å²) in [5, 5.41) is 0. The summed E-state index contributed by atoms with van der Waals surface area (Å²) >= 11 is 0. The Balaban J connectivity index is 2.55. The molecule has 0 saturated carbocycles. The minimum Gasteiger partial charge on any atom is -0.338 e. The molecule has 0 radical (unpaired) electrons. The van der Waals surface area contributed by atoms with E-state index in [1.165, 1.54) is 17.3 Å². The van der Waals surface area contributed by atoms with E-state index < -0.39 is 0 Å². The Kier molecular flexibility index (Phi) is 3.89. The van der Waals surface area contributed by atoms with E-state index in [0.717, 1.165) is 11.3 Å². The number of para-hydroxylation sites is 1. The molecule has 2 aromatic carbocycles. The van der Waals surface area contributed by atoms with E-state index in [4.69, 9.17) is 0 Å². The lowest BCUT2D eigenvalue weighted by atomic mass is 10.1. The van der Waals surface area contributed by atoms with Crippen LogP contribution in [0.3, 0.4) is 0 Å². The first-order valence-electron chi connectivity index (χ1n) is 6.61. The molecule has 0 fully saturated rings. The van der Waals surface area contributed by atoms with Gasteiger partial charge in [-0.3, -0.25) is 0 Å². The standard InChI is InChI=1S/C17H20FN/c1-12(2)19(16-8-6-5-7-13(16)3)17-10-9-15(18)11-14(17)4/h5-12H,1-4H3. The number of hydrogen-bond donors (Lipinski definition) is 0. The lowest BCUT2D eigenvalue weighted by Crippen LogP contribution is -2.26. The van der Waals surface area contributed by atoms with Crippen molar-refractivity contribution in [1.29, 1.82) is 0 Å². The molecule has 0 atom stereocenters. The minimum absolute atomic E-state index is 0.185. The van der Waals surface area contributed by atoms with Gasteiger partial charge in [-0.1, -0.05) is 18.2 Å². The normalized spacial score (nSPS) is 10.8. The van der Waals surface area contributed by atoms with Gasteiger partial charge >= 0.3 is 0 Å².